The molecule has 2 unspecified atom stereocenters. The van der Waals surface area contributed by atoms with Crippen molar-refractivity contribution in [1.29, 1.82) is 0 Å². The van der Waals surface area contributed by atoms with E-state index in [0.717, 1.165) is 32.1 Å². The summed E-state index contributed by atoms with van der Waals surface area (Å²) in [6, 6.07) is 0.0850. The lowest BCUT2D eigenvalue weighted by molar-refractivity contribution is -0.141. The highest BCUT2D eigenvalue weighted by atomic mass is 16.4. The average molecular weight is 253 g/mol. The van der Waals surface area contributed by atoms with E-state index in [1.807, 2.05) is 0 Å². The molecule has 18 heavy (non-hydrogen) atoms. The Labute approximate surface area is 108 Å². The van der Waals surface area contributed by atoms with Crippen LogP contribution in [0.5, 0.6) is 0 Å². The summed E-state index contributed by atoms with van der Waals surface area (Å²) in [4.78, 5) is 23.0. The summed E-state index contributed by atoms with van der Waals surface area (Å²) in [5.41, 5.74) is 0. The van der Waals surface area contributed by atoms with E-state index in [2.05, 4.69) is 5.32 Å². The third-order valence-corrected chi connectivity index (χ3v) is 4.35. The van der Waals surface area contributed by atoms with E-state index in [1.165, 1.54) is 12.8 Å². The van der Waals surface area contributed by atoms with Crippen LogP contribution in [0.25, 0.3) is 0 Å². The largest absolute Gasteiger partial charge is 0.481 e. The first kappa shape index (κ1) is 13.4. The van der Waals surface area contributed by atoms with Crippen molar-refractivity contribution >= 4 is 11.9 Å². The van der Waals surface area contributed by atoms with Crippen LogP contribution >= 0.6 is 0 Å². The van der Waals surface area contributed by atoms with Gasteiger partial charge in [0.2, 0.25) is 5.91 Å². The summed E-state index contributed by atoms with van der Waals surface area (Å²) in [7, 11) is 0. The van der Waals surface area contributed by atoms with Crippen molar-refractivity contribution in [3.63, 3.8) is 0 Å². The molecule has 4 nitrogen and oxygen atoms in total. The molecule has 0 bridgehead atoms. The van der Waals surface area contributed by atoms with Crippen molar-refractivity contribution in [1.82, 2.24) is 5.32 Å². The van der Waals surface area contributed by atoms with Gasteiger partial charge < -0.3 is 10.4 Å². The topological polar surface area (TPSA) is 66.4 Å². The van der Waals surface area contributed by atoms with Crippen molar-refractivity contribution in [2.75, 3.05) is 0 Å². The zero-order valence-corrected chi connectivity index (χ0v) is 10.9. The number of nitrogens with one attached hydrogen (secondary N) is 1. The quantitative estimate of drug-likeness (QED) is 0.759. The Hall–Kier alpha value is -1.06. The molecule has 0 aliphatic heterocycles. The fraction of sp³-hybridized carbons (Fsp3) is 0.857. The van der Waals surface area contributed by atoms with Crippen molar-refractivity contribution in [2.45, 2.75) is 63.8 Å². The summed E-state index contributed by atoms with van der Waals surface area (Å²) in [5, 5.41) is 12.0. The maximum atomic E-state index is 12.1. The van der Waals surface area contributed by atoms with E-state index < -0.39 is 5.97 Å². The molecule has 2 N–H and O–H groups in total. The second kappa shape index (κ2) is 6.21. The normalized spacial score (nSPS) is 29.8. The molecule has 0 saturated heterocycles. The number of hydrogen-bond acceptors (Lipinski definition) is 2. The van der Waals surface area contributed by atoms with Crippen molar-refractivity contribution in [2.24, 2.45) is 11.8 Å². The maximum Gasteiger partial charge on any atom is 0.306 e. The fourth-order valence-electron chi connectivity index (χ4n) is 3.20. The van der Waals surface area contributed by atoms with Crippen LogP contribution in [0.2, 0.25) is 0 Å². The van der Waals surface area contributed by atoms with Crippen molar-refractivity contribution < 1.29 is 14.7 Å². The van der Waals surface area contributed by atoms with Crippen LogP contribution in [0.1, 0.15) is 57.8 Å². The molecule has 2 atom stereocenters. The van der Waals surface area contributed by atoms with Crippen LogP contribution in [0.3, 0.4) is 0 Å². The number of carboxylic acid groups (broad SMARTS) is 1. The van der Waals surface area contributed by atoms with Gasteiger partial charge in [0.05, 0.1) is 5.92 Å². The minimum absolute atomic E-state index is 0.0850. The SMILES string of the molecule is O=C(O)C1CCC(NC(=O)C2CCCCCC2)C1. The molecule has 0 aromatic carbocycles. The van der Waals surface area contributed by atoms with E-state index in [9.17, 15) is 9.59 Å². The molecule has 2 aliphatic carbocycles. The van der Waals surface area contributed by atoms with Crippen LogP contribution in [-0.4, -0.2) is 23.0 Å². The molecular weight excluding hydrogens is 230 g/mol. The van der Waals surface area contributed by atoms with Gasteiger partial charge in [0.15, 0.2) is 0 Å². The minimum atomic E-state index is -0.721. The summed E-state index contributed by atoms with van der Waals surface area (Å²) >= 11 is 0. The first-order chi connectivity index (χ1) is 8.66. The summed E-state index contributed by atoms with van der Waals surface area (Å²) in [6.07, 6.45) is 8.92. The molecule has 0 spiro atoms. The predicted molar refractivity (Wildman–Crippen MR) is 68.1 cm³/mol. The highest BCUT2D eigenvalue weighted by Crippen LogP contribution is 2.27. The minimum Gasteiger partial charge on any atom is -0.481 e. The van der Waals surface area contributed by atoms with Gasteiger partial charge in [-0.05, 0) is 32.1 Å². The van der Waals surface area contributed by atoms with Gasteiger partial charge in [-0.1, -0.05) is 25.7 Å². The van der Waals surface area contributed by atoms with E-state index in [4.69, 9.17) is 5.11 Å². The molecule has 102 valence electrons. The molecular formula is C14H23NO3. The molecule has 0 aromatic rings. The van der Waals surface area contributed by atoms with Gasteiger partial charge in [-0.25, -0.2) is 0 Å². The molecule has 2 fully saturated rings. The van der Waals surface area contributed by atoms with Crippen LogP contribution in [0, 0.1) is 11.8 Å². The van der Waals surface area contributed by atoms with Gasteiger partial charge in [0, 0.05) is 12.0 Å². The van der Waals surface area contributed by atoms with E-state index >= 15 is 0 Å². The first-order valence-corrected chi connectivity index (χ1v) is 7.20. The van der Waals surface area contributed by atoms with Crippen LogP contribution < -0.4 is 5.32 Å². The molecule has 4 heteroatoms. The number of amides is 1. The van der Waals surface area contributed by atoms with Crippen LogP contribution in [0.4, 0.5) is 0 Å². The van der Waals surface area contributed by atoms with Gasteiger partial charge in [-0.3, -0.25) is 9.59 Å². The Morgan fingerprint density at radius 1 is 0.889 bits per heavy atom. The van der Waals surface area contributed by atoms with Crippen LogP contribution in [0.15, 0.2) is 0 Å². The van der Waals surface area contributed by atoms with E-state index in [-0.39, 0.29) is 23.8 Å². The standard InChI is InChI=1S/C14H23NO3/c16-13(10-5-3-1-2-4-6-10)15-12-8-7-11(9-12)14(17)18/h10-12H,1-9H2,(H,15,16)(H,17,18). The summed E-state index contributed by atoms with van der Waals surface area (Å²) in [5.74, 6) is -0.657. The predicted octanol–water partition coefficient (Wildman–Crippen LogP) is 2.33. The fourth-order valence-corrected chi connectivity index (χ4v) is 3.20. The third kappa shape index (κ3) is 3.47. The number of carbonyl (C=O) groups excluding carboxylic acids is 1. The first-order valence-electron chi connectivity index (χ1n) is 7.20. The Kier molecular flexibility index (Phi) is 4.61. The Morgan fingerprint density at radius 3 is 2.11 bits per heavy atom. The van der Waals surface area contributed by atoms with Gasteiger partial charge in [-0.15, -0.1) is 0 Å². The number of carboxylic acids is 1. The lowest BCUT2D eigenvalue weighted by atomic mass is 9.99. The molecule has 1 amide bonds. The molecule has 0 aromatic heterocycles. The monoisotopic (exact) mass is 253 g/mol. The lowest BCUT2D eigenvalue weighted by Gasteiger charge is -2.18. The van der Waals surface area contributed by atoms with Gasteiger partial charge in [0.1, 0.15) is 0 Å². The molecule has 0 radical (unpaired) electrons. The molecule has 0 heterocycles. The number of rotatable bonds is 3. The second-order valence-electron chi connectivity index (χ2n) is 5.74. The van der Waals surface area contributed by atoms with Gasteiger partial charge in [0.25, 0.3) is 0 Å². The number of hydrogen-bond donors (Lipinski definition) is 2. The number of carbonyl (C=O) groups is 2. The average Bonchev–Trinajstić information content (AvgIpc) is 2.64. The number of aliphatic carboxylic acids is 1. The zero-order valence-electron chi connectivity index (χ0n) is 10.9. The lowest BCUT2D eigenvalue weighted by Crippen LogP contribution is -2.37. The highest BCUT2D eigenvalue weighted by Gasteiger charge is 2.31. The molecule has 2 aliphatic rings. The van der Waals surface area contributed by atoms with E-state index in [1.54, 1.807) is 0 Å². The van der Waals surface area contributed by atoms with Crippen molar-refractivity contribution in [3.8, 4) is 0 Å². The third-order valence-electron chi connectivity index (χ3n) is 4.35. The van der Waals surface area contributed by atoms with Gasteiger partial charge >= 0.3 is 5.97 Å². The summed E-state index contributed by atoms with van der Waals surface area (Å²) in [6.45, 7) is 0. The zero-order chi connectivity index (χ0) is 13.0. The second-order valence-corrected chi connectivity index (χ2v) is 5.74. The summed E-state index contributed by atoms with van der Waals surface area (Å²) < 4.78 is 0. The Morgan fingerprint density at radius 2 is 1.56 bits per heavy atom. The van der Waals surface area contributed by atoms with Crippen molar-refractivity contribution in [3.05, 3.63) is 0 Å². The smallest absolute Gasteiger partial charge is 0.306 e. The Bertz CT molecular complexity index is 308. The van der Waals surface area contributed by atoms with E-state index in [0.29, 0.717) is 12.8 Å². The highest BCUT2D eigenvalue weighted by molar-refractivity contribution is 5.79. The van der Waals surface area contributed by atoms with Gasteiger partial charge in [-0.2, -0.15) is 0 Å². The van der Waals surface area contributed by atoms with Crippen LogP contribution in [-0.2, 0) is 9.59 Å². The Balaban J connectivity index is 1.78. The molecule has 2 rings (SSSR count). The maximum absolute atomic E-state index is 12.1. The molecule has 2 saturated carbocycles.